The number of aromatic nitrogens is 5. The van der Waals surface area contributed by atoms with Crippen molar-refractivity contribution in [1.29, 1.82) is 0 Å². The van der Waals surface area contributed by atoms with Crippen molar-refractivity contribution in [2.45, 2.75) is 17.5 Å². The first kappa shape index (κ1) is 20.7. The molecule has 5 rings (SSSR count). The summed E-state index contributed by atoms with van der Waals surface area (Å²) in [6.07, 6.45) is 0. The molecule has 2 aromatic carbocycles. The normalized spacial score (nSPS) is 11.5. The zero-order valence-electron chi connectivity index (χ0n) is 16.9. The van der Waals surface area contributed by atoms with Crippen molar-refractivity contribution in [2.75, 3.05) is 7.11 Å². The third kappa shape index (κ3) is 3.65. The molecule has 0 aliphatic rings. The number of halogens is 2. The van der Waals surface area contributed by atoms with Gasteiger partial charge in [0.15, 0.2) is 11.0 Å². The molecule has 0 N–H and O–H groups in total. The van der Waals surface area contributed by atoms with E-state index in [9.17, 15) is 8.78 Å². The molecule has 0 aliphatic heterocycles. The van der Waals surface area contributed by atoms with Gasteiger partial charge in [-0.25, -0.2) is 4.98 Å². The van der Waals surface area contributed by atoms with E-state index in [-0.39, 0.29) is 11.6 Å². The summed E-state index contributed by atoms with van der Waals surface area (Å²) >= 11 is 2.85. The van der Waals surface area contributed by atoms with Gasteiger partial charge >= 0.3 is 6.55 Å². The van der Waals surface area contributed by atoms with E-state index in [0.29, 0.717) is 27.8 Å². The molecule has 3 heterocycles. The molecule has 0 radical (unpaired) electrons. The van der Waals surface area contributed by atoms with E-state index in [1.807, 2.05) is 46.3 Å². The molecule has 10 heteroatoms. The lowest BCUT2D eigenvalue weighted by Gasteiger charge is -2.13. The van der Waals surface area contributed by atoms with Crippen molar-refractivity contribution < 1.29 is 13.5 Å². The maximum absolute atomic E-state index is 13.8. The summed E-state index contributed by atoms with van der Waals surface area (Å²) in [6, 6.07) is 18.4. The number of benzene rings is 2. The molecule has 0 unspecified atom stereocenters. The zero-order valence-corrected chi connectivity index (χ0v) is 18.5. The van der Waals surface area contributed by atoms with Crippen LogP contribution in [0.2, 0.25) is 0 Å². The SMILES string of the molecule is COc1ccccc1-n1c(SCc2nc3ccccc3n2C(F)F)nnc1-c1cccs1. The van der Waals surface area contributed by atoms with E-state index in [0.717, 1.165) is 15.1 Å². The molecular formula is C22H17F2N5OS2. The molecule has 0 saturated heterocycles. The lowest BCUT2D eigenvalue weighted by atomic mass is 10.3. The minimum absolute atomic E-state index is 0.205. The van der Waals surface area contributed by atoms with Gasteiger partial charge in [0.05, 0.1) is 34.5 Å². The van der Waals surface area contributed by atoms with E-state index in [4.69, 9.17) is 4.74 Å². The fraction of sp³-hybridized carbons (Fsp3) is 0.136. The largest absolute Gasteiger partial charge is 0.495 e. The Morgan fingerprint density at radius 2 is 1.84 bits per heavy atom. The van der Waals surface area contributed by atoms with Crippen molar-refractivity contribution >= 4 is 34.1 Å². The van der Waals surface area contributed by atoms with Crippen LogP contribution in [-0.2, 0) is 5.75 Å². The maximum Gasteiger partial charge on any atom is 0.320 e. The molecule has 0 amide bonds. The number of alkyl halides is 2. The molecule has 0 bridgehead atoms. The Morgan fingerprint density at radius 3 is 2.62 bits per heavy atom. The molecule has 3 aromatic heterocycles. The Bertz CT molecular complexity index is 1360. The van der Waals surface area contributed by atoms with Crippen LogP contribution in [0, 0.1) is 0 Å². The van der Waals surface area contributed by atoms with Crippen LogP contribution >= 0.6 is 23.1 Å². The van der Waals surface area contributed by atoms with Gasteiger partial charge in [0.25, 0.3) is 0 Å². The second-order valence-electron chi connectivity index (χ2n) is 6.74. The van der Waals surface area contributed by atoms with Gasteiger partial charge in [-0.15, -0.1) is 21.5 Å². The minimum atomic E-state index is -2.69. The van der Waals surface area contributed by atoms with Crippen molar-refractivity contribution in [3.63, 3.8) is 0 Å². The summed E-state index contributed by atoms with van der Waals surface area (Å²) in [7, 11) is 1.60. The standard InChI is InChI=1S/C22H17F2N5OS2/c1-30-17-10-5-4-9-16(17)29-20(18-11-6-12-31-18)26-27-22(29)32-13-19-25-14-7-2-3-8-15(14)28(19)21(23)24/h2-12,21H,13H2,1H3. The van der Waals surface area contributed by atoms with Gasteiger partial charge in [-0.2, -0.15) is 8.78 Å². The number of nitrogens with zero attached hydrogens (tertiary/aromatic N) is 5. The first-order chi connectivity index (χ1) is 15.7. The van der Waals surface area contributed by atoms with Crippen LogP contribution in [0.15, 0.2) is 71.2 Å². The molecule has 6 nitrogen and oxygen atoms in total. The van der Waals surface area contributed by atoms with Crippen molar-refractivity contribution in [3.8, 4) is 22.1 Å². The monoisotopic (exact) mass is 469 g/mol. The highest BCUT2D eigenvalue weighted by Gasteiger charge is 2.22. The first-order valence-corrected chi connectivity index (χ1v) is 11.5. The van der Waals surface area contributed by atoms with Crippen molar-refractivity contribution in [1.82, 2.24) is 24.3 Å². The second kappa shape index (κ2) is 8.71. The first-order valence-electron chi connectivity index (χ1n) is 9.67. The Balaban J connectivity index is 1.57. The number of para-hydroxylation sites is 4. The van der Waals surface area contributed by atoms with Crippen molar-refractivity contribution in [2.24, 2.45) is 0 Å². The van der Waals surface area contributed by atoms with Crippen LogP contribution in [0.3, 0.4) is 0 Å². The average Bonchev–Trinajstić information content (AvgIpc) is 3.55. The average molecular weight is 470 g/mol. The highest BCUT2D eigenvalue weighted by molar-refractivity contribution is 7.98. The van der Waals surface area contributed by atoms with E-state index >= 15 is 0 Å². The number of imidazole rings is 1. The molecule has 0 spiro atoms. The predicted molar refractivity (Wildman–Crippen MR) is 122 cm³/mol. The number of fused-ring (bicyclic) bond motifs is 1. The molecular weight excluding hydrogens is 452 g/mol. The lowest BCUT2D eigenvalue weighted by molar-refractivity contribution is 0.0722. The summed E-state index contributed by atoms with van der Waals surface area (Å²) in [4.78, 5) is 5.36. The van der Waals surface area contributed by atoms with Gasteiger partial charge in [0.1, 0.15) is 11.6 Å². The second-order valence-corrected chi connectivity index (χ2v) is 8.63. The number of ether oxygens (including phenoxy) is 1. The number of rotatable bonds is 7. The topological polar surface area (TPSA) is 57.8 Å². The zero-order chi connectivity index (χ0) is 22.1. The van der Waals surface area contributed by atoms with Crippen LogP contribution < -0.4 is 4.74 Å². The number of methoxy groups -OCH3 is 1. The Kier molecular flexibility index (Phi) is 5.62. The van der Waals surface area contributed by atoms with Gasteiger partial charge < -0.3 is 4.74 Å². The maximum atomic E-state index is 13.8. The minimum Gasteiger partial charge on any atom is -0.495 e. The molecule has 32 heavy (non-hydrogen) atoms. The van der Waals surface area contributed by atoms with E-state index in [2.05, 4.69) is 15.2 Å². The summed E-state index contributed by atoms with van der Waals surface area (Å²) in [5, 5.41) is 11.3. The molecule has 0 atom stereocenters. The molecule has 0 aliphatic carbocycles. The Morgan fingerprint density at radius 1 is 1.03 bits per heavy atom. The van der Waals surface area contributed by atoms with Gasteiger partial charge in [-0.3, -0.25) is 9.13 Å². The summed E-state index contributed by atoms with van der Waals surface area (Å²) < 4.78 is 36.0. The van der Waals surface area contributed by atoms with Gasteiger partial charge in [0, 0.05) is 0 Å². The lowest BCUT2D eigenvalue weighted by Crippen LogP contribution is -2.05. The third-order valence-electron chi connectivity index (χ3n) is 4.90. The van der Waals surface area contributed by atoms with Crippen LogP contribution in [-0.4, -0.2) is 31.4 Å². The number of thioether (sulfide) groups is 1. The quantitative estimate of drug-likeness (QED) is 0.272. The summed E-state index contributed by atoms with van der Waals surface area (Å²) in [5.74, 6) is 1.80. The molecule has 162 valence electrons. The van der Waals surface area contributed by atoms with Crippen molar-refractivity contribution in [3.05, 3.63) is 71.9 Å². The fourth-order valence-corrected chi connectivity index (χ4v) is 5.08. The highest BCUT2D eigenvalue weighted by Crippen LogP contribution is 2.35. The van der Waals surface area contributed by atoms with E-state index in [1.54, 1.807) is 42.7 Å². The fourth-order valence-electron chi connectivity index (χ4n) is 3.50. The van der Waals surface area contributed by atoms with Gasteiger partial charge in [0.2, 0.25) is 0 Å². The number of hydrogen-bond acceptors (Lipinski definition) is 6. The summed E-state index contributed by atoms with van der Waals surface area (Å²) in [6.45, 7) is -2.69. The molecule has 5 aromatic rings. The Hall–Kier alpha value is -3.24. The smallest absolute Gasteiger partial charge is 0.320 e. The van der Waals surface area contributed by atoms with Crippen LogP contribution in [0.5, 0.6) is 5.75 Å². The number of thiophene rings is 1. The predicted octanol–water partition coefficient (Wildman–Crippen LogP) is 6.04. The van der Waals surface area contributed by atoms with Crippen LogP contribution in [0.4, 0.5) is 8.78 Å². The van der Waals surface area contributed by atoms with E-state index < -0.39 is 6.55 Å². The highest BCUT2D eigenvalue weighted by atomic mass is 32.2. The number of hydrogen-bond donors (Lipinski definition) is 0. The van der Waals surface area contributed by atoms with Crippen LogP contribution in [0.1, 0.15) is 12.4 Å². The van der Waals surface area contributed by atoms with Crippen LogP contribution in [0.25, 0.3) is 27.4 Å². The van der Waals surface area contributed by atoms with Gasteiger partial charge in [-0.1, -0.05) is 42.1 Å². The van der Waals surface area contributed by atoms with Gasteiger partial charge in [-0.05, 0) is 35.7 Å². The summed E-state index contributed by atoms with van der Waals surface area (Å²) in [5.41, 5.74) is 1.71. The molecule has 0 saturated carbocycles. The third-order valence-corrected chi connectivity index (χ3v) is 6.69. The molecule has 0 fully saturated rings. The van der Waals surface area contributed by atoms with E-state index in [1.165, 1.54) is 11.8 Å². The Labute approximate surface area is 190 Å².